The molecule has 0 aromatic heterocycles. The van der Waals surface area contributed by atoms with Gasteiger partial charge in [0.2, 0.25) is 0 Å². The van der Waals surface area contributed by atoms with Crippen molar-refractivity contribution in [1.29, 1.82) is 0 Å². The molecule has 0 fully saturated rings. The predicted octanol–water partition coefficient (Wildman–Crippen LogP) is 13.5. The first-order chi connectivity index (χ1) is 33.6. The van der Waals surface area contributed by atoms with Crippen molar-refractivity contribution in [3.8, 4) is 23.0 Å². The number of Topliss-reactive ketones (excluding diaryl/α,β-unsaturated/α-hetero) is 2. The van der Waals surface area contributed by atoms with Crippen LogP contribution in [0.4, 0.5) is 68.5 Å². The number of nitrogens with one attached hydrogen (secondary N) is 2. The average molecular weight is 1150 g/mol. The largest absolute Gasteiger partial charge is 0.586 e. The third kappa shape index (κ3) is 11.1. The van der Waals surface area contributed by atoms with Crippen LogP contribution in [0.3, 0.4) is 0 Å². The summed E-state index contributed by atoms with van der Waals surface area (Å²) in [5.41, 5.74) is -8.74. The van der Waals surface area contributed by atoms with Crippen molar-refractivity contribution in [3.63, 3.8) is 0 Å². The molecule has 0 aliphatic carbocycles. The van der Waals surface area contributed by atoms with Gasteiger partial charge < -0.3 is 29.6 Å². The van der Waals surface area contributed by atoms with Crippen molar-refractivity contribution in [2.24, 2.45) is 0 Å². The van der Waals surface area contributed by atoms with E-state index in [-0.39, 0.29) is 63.6 Å². The molecule has 10 nitrogen and oxygen atoms in total. The zero-order chi connectivity index (χ0) is 52.7. The van der Waals surface area contributed by atoms with Crippen LogP contribution in [0.5, 0.6) is 23.0 Å². The lowest BCUT2D eigenvalue weighted by Crippen LogP contribution is -2.50. The van der Waals surface area contributed by atoms with Gasteiger partial charge in [-0.2, -0.15) is 26.3 Å². The van der Waals surface area contributed by atoms with E-state index in [1.165, 1.54) is 36.4 Å². The maximum absolute atomic E-state index is 15.0. The van der Waals surface area contributed by atoms with Gasteiger partial charge in [-0.3, -0.25) is 19.2 Å². The van der Waals surface area contributed by atoms with E-state index in [1.807, 2.05) is 0 Å². The van der Waals surface area contributed by atoms with Crippen LogP contribution in [0.25, 0.3) is 0 Å². The maximum atomic E-state index is 15.0. The molecule has 0 bridgehead atoms. The SMILES string of the molecule is O=C(Cc1cccc(C(=O)Nc2c(Br)cccc2Br)c1F)c1ccc2c(c1)OC(F)(F)O2.O=C(Cc1cccc(C(=O)Nc2ccc(C(F)(C(F)(F)F)C(F)(F)F)cc2)c1F)c1ccc2c(c1)OC(F)(F)O2. The Morgan fingerprint density at radius 1 is 0.500 bits per heavy atom. The van der Waals surface area contributed by atoms with Crippen LogP contribution in [-0.2, 0) is 18.5 Å². The second-order valence-electron chi connectivity index (χ2n) is 15.2. The number of rotatable bonds is 11. The van der Waals surface area contributed by atoms with E-state index in [2.05, 4.69) is 61.4 Å². The first kappa shape index (κ1) is 52.7. The summed E-state index contributed by atoms with van der Waals surface area (Å²) in [6.07, 6.45) is -21.4. The summed E-state index contributed by atoms with van der Waals surface area (Å²) in [5.74, 6) is -6.46. The highest BCUT2D eigenvalue weighted by Crippen LogP contribution is 2.53. The number of hydrogen-bond acceptors (Lipinski definition) is 8. The monoisotopic (exact) mass is 1150 g/mol. The molecule has 2 heterocycles. The first-order valence-corrected chi connectivity index (χ1v) is 21.6. The lowest BCUT2D eigenvalue weighted by atomic mass is 9.94. The predicted molar refractivity (Wildman–Crippen MR) is 233 cm³/mol. The lowest BCUT2D eigenvalue weighted by molar-refractivity contribution is -0.348. The van der Waals surface area contributed by atoms with Gasteiger partial charge in [-0.15, -0.1) is 17.6 Å². The van der Waals surface area contributed by atoms with Crippen LogP contribution < -0.4 is 29.6 Å². The lowest BCUT2D eigenvalue weighted by Gasteiger charge is -2.30. The van der Waals surface area contributed by atoms with E-state index in [9.17, 15) is 67.5 Å². The summed E-state index contributed by atoms with van der Waals surface area (Å²) < 4.78 is 193. The van der Waals surface area contributed by atoms with E-state index in [0.717, 1.165) is 36.4 Å². The summed E-state index contributed by atoms with van der Waals surface area (Å²) in [4.78, 5) is 50.5. The number of hydrogen-bond donors (Lipinski definition) is 2. The number of para-hydroxylation sites is 1. The van der Waals surface area contributed by atoms with Gasteiger partial charge in [0, 0.05) is 44.2 Å². The van der Waals surface area contributed by atoms with Crippen LogP contribution in [0, 0.1) is 11.6 Å². The molecule has 2 amide bonds. The van der Waals surface area contributed by atoms with Crippen molar-refractivity contribution in [2.45, 2.75) is 43.5 Å². The molecule has 0 saturated heterocycles. The highest BCUT2D eigenvalue weighted by atomic mass is 79.9. The summed E-state index contributed by atoms with van der Waals surface area (Å²) >= 11 is 6.64. The molecule has 0 atom stereocenters. The normalized spacial score (nSPS) is 14.2. The fourth-order valence-corrected chi connectivity index (χ4v) is 8.04. The maximum Gasteiger partial charge on any atom is 0.586 e. The van der Waals surface area contributed by atoms with E-state index >= 15 is 8.78 Å². The molecule has 6 aromatic rings. The van der Waals surface area contributed by atoms with Crippen LogP contribution in [-0.4, -0.2) is 48.3 Å². The van der Waals surface area contributed by atoms with Gasteiger partial charge in [0.1, 0.15) is 11.6 Å². The van der Waals surface area contributed by atoms with Crippen molar-refractivity contribution < 1.29 is 95.2 Å². The summed E-state index contributed by atoms with van der Waals surface area (Å²) in [6, 6.07) is 20.8. The Kier molecular flexibility index (Phi) is 14.5. The molecule has 8 rings (SSSR count). The summed E-state index contributed by atoms with van der Waals surface area (Å²) in [7, 11) is 0. The van der Waals surface area contributed by atoms with Crippen LogP contribution in [0.1, 0.15) is 58.1 Å². The van der Waals surface area contributed by atoms with Gasteiger partial charge in [-0.05, 0) is 116 Å². The van der Waals surface area contributed by atoms with Gasteiger partial charge >= 0.3 is 30.6 Å². The smallest absolute Gasteiger partial charge is 0.395 e. The molecule has 2 N–H and O–H groups in total. The summed E-state index contributed by atoms with van der Waals surface area (Å²) in [5, 5.41) is 4.68. The van der Waals surface area contributed by atoms with Gasteiger partial charge in [0.15, 0.2) is 34.6 Å². The molecular weight excluding hydrogens is 1130 g/mol. The zero-order valence-electron chi connectivity index (χ0n) is 35.3. The second-order valence-corrected chi connectivity index (χ2v) is 16.9. The van der Waals surface area contributed by atoms with E-state index in [4.69, 9.17) is 0 Å². The zero-order valence-corrected chi connectivity index (χ0v) is 38.5. The van der Waals surface area contributed by atoms with E-state index in [0.29, 0.717) is 26.8 Å². The van der Waals surface area contributed by atoms with Crippen molar-refractivity contribution in [2.75, 3.05) is 10.6 Å². The highest BCUT2D eigenvalue weighted by Gasteiger charge is 2.73. The molecule has 72 heavy (non-hydrogen) atoms. The standard InChI is InChI=1S/C25H13F10NO4.C22H12Br2F3NO4/c26-20-13(10-17(37)12-4-9-18-19(11-12)40-25(34,35)39-18)2-1-3-16(20)21(38)36-15-7-5-14(6-8-15)22(27,23(28,29)30)24(31,32)33;23-14-5-2-6-15(24)20(14)28-21(30)13-4-1-3-12(19(13)25)9-16(29)11-7-8-17-18(10-11)32-22(26,27)31-17/h1-9,11H,10H2,(H,36,38);1-8,10H,9H2,(H,28,30). The number of ether oxygens (including phenoxy) is 4. The van der Waals surface area contributed by atoms with Crippen molar-refractivity contribution >= 4 is 66.6 Å². The molecule has 0 saturated carbocycles. The molecule has 0 unspecified atom stereocenters. The van der Waals surface area contributed by atoms with Crippen LogP contribution in [0.15, 0.2) is 124 Å². The topological polar surface area (TPSA) is 129 Å². The number of amides is 2. The van der Waals surface area contributed by atoms with Gasteiger partial charge in [-0.1, -0.05) is 42.5 Å². The number of alkyl halides is 11. The fourth-order valence-electron chi connectivity index (χ4n) is 6.85. The fraction of sp³-hybridized carbons (Fsp3) is 0.149. The first-order valence-electron chi connectivity index (χ1n) is 20.0. The van der Waals surface area contributed by atoms with Gasteiger partial charge in [0.25, 0.3) is 11.8 Å². The Hall–Kier alpha value is -7.15. The van der Waals surface area contributed by atoms with Crippen molar-refractivity contribution in [1.82, 2.24) is 0 Å². The third-order valence-electron chi connectivity index (χ3n) is 10.3. The molecular formula is C47H25Br2F13N2O8. The molecule has 376 valence electrons. The minimum atomic E-state index is -6.33. The number of halogens is 15. The Balaban J connectivity index is 0.000000216. The number of benzene rings is 6. The van der Waals surface area contributed by atoms with Crippen molar-refractivity contribution in [3.05, 3.63) is 175 Å². The second kappa shape index (κ2) is 19.8. The third-order valence-corrected chi connectivity index (χ3v) is 11.6. The Morgan fingerprint density at radius 3 is 1.31 bits per heavy atom. The summed E-state index contributed by atoms with van der Waals surface area (Å²) in [6.45, 7) is 0. The van der Waals surface area contributed by atoms with Crippen LogP contribution >= 0.6 is 31.9 Å². The molecule has 0 spiro atoms. The molecule has 2 aliphatic rings. The molecule has 0 radical (unpaired) electrons. The molecule has 2 aliphatic heterocycles. The number of fused-ring (bicyclic) bond motifs is 2. The van der Waals surface area contributed by atoms with Gasteiger partial charge in [0.05, 0.1) is 16.8 Å². The Labute approximate surface area is 412 Å². The number of carbonyl (C=O) groups excluding carboxylic acids is 4. The Bertz CT molecular complexity index is 3100. The van der Waals surface area contributed by atoms with E-state index < -0.39 is 94.6 Å². The molecule has 25 heteroatoms. The number of ketones is 2. The minimum Gasteiger partial charge on any atom is -0.395 e. The average Bonchev–Trinajstić information content (AvgIpc) is 3.79. The minimum absolute atomic E-state index is 0.0168. The van der Waals surface area contributed by atoms with Gasteiger partial charge in [-0.25, -0.2) is 13.2 Å². The number of anilines is 2. The highest BCUT2D eigenvalue weighted by molar-refractivity contribution is 9.11. The van der Waals surface area contributed by atoms with Crippen LogP contribution in [0.2, 0.25) is 0 Å². The molecule has 6 aromatic carbocycles. The number of carbonyl (C=O) groups is 4. The van der Waals surface area contributed by atoms with E-state index in [1.54, 1.807) is 18.2 Å². The Morgan fingerprint density at radius 2 is 0.889 bits per heavy atom. The quantitative estimate of drug-likeness (QED) is 0.0969.